The number of carbonyl (C=O) groups excluding carboxylic acids is 2. The van der Waals surface area contributed by atoms with E-state index in [9.17, 15) is 14.4 Å². The molecule has 2 amide bonds. The highest BCUT2D eigenvalue weighted by Crippen LogP contribution is 2.46. The van der Waals surface area contributed by atoms with Crippen molar-refractivity contribution >= 4 is 18.2 Å². The van der Waals surface area contributed by atoms with E-state index < -0.39 is 17.7 Å². The number of rotatable bonds is 7. The average molecular weight is 521 g/mol. The molecule has 38 heavy (non-hydrogen) atoms. The van der Waals surface area contributed by atoms with E-state index in [1.54, 1.807) is 9.80 Å². The number of carboxylic acid groups (broad SMARTS) is 1. The SMILES string of the molecule is CC(C)(C)OC(=O)N1C[C@@H]2CC(N(CCCC(=O)O)C(=O)OCC3c4ccccc4-c4ccccc43)[C@@H]2C1. The number of hydrogen-bond donors (Lipinski definition) is 1. The van der Waals surface area contributed by atoms with E-state index in [1.807, 2.05) is 45.0 Å². The van der Waals surface area contributed by atoms with Crippen molar-refractivity contribution in [3.05, 3.63) is 59.7 Å². The van der Waals surface area contributed by atoms with Gasteiger partial charge in [0.1, 0.15) is 12.2 Å². The lowest BCUT2D eigenvalue weighted by Crippen LogP contribution is -2.55. The summed E-state index contributed by atoms with van der Waals surface area (Å²) in [4.78, 5) is 40.7. The predicted molar refractivity (Wildman–Crippen MR) is 142 cm³/mol. The van der Waals surface area contributed by atoms with Gasteiger partial charge in [-0.1, -0.05) is 48.5 Å². The molecular weight excluding hydrogens is 484 g/mol. The van der Waals surface area contributed by atoms with Crippen LogP contribution in [-0.2, 0) is 14.3 Å². The number of amides is 2. The fraction of sp³-hybridized carbons (Fsp3) is 0.500. The molecule has 1 saturated carbocycles. The molecule has 2 aliphatic carbocycles. The van der Waals surface area contributed by atoms with Gasteiger partial charge in [-0.3, -0.25) is 4.79 Å². The van der Waals surface area contributed by atoms with Gasteiger partial charge in [-0.15, -0.1) is 0 Å². The van der Waals surface area contributed by atoms with Crippen LogP contribution in [0.2, 0.25) is 0 Å². The maximum atomic E-state index is 13.5. The van der Waals surface area contributed by atoms with Crippen molar-refractivity contribution in [2.24, 2.45) is 11.8 Å². The first-order valence-electron chi connectivity index (χ1n) is 13.4. The molecule has 3 atom stereocenters. The Morgan fingerprint density at radius 3 is 2.24 bits per heavy atom. The summed E-state index contributed by atoms with van der Waals surface area (Å²) in [6.45, 7) is 7.20. The van der Waals surface area contributed by atoms with Gasteiger partial charge < -0.3 is 24.4 Å². The van der Waals surface area contributed by atoms with E-state index >= 15 is 0 Å². The Kier molecular flexibility index (Phi) is 7.07. The Balaban J connectivity index is 1.27. The normalized spacial score (nSPS) is 21.7. The second-order valence-corrected chi connectivity index (χ2v) is 11.6. The van der Waals surface area contributed by atoms with E-state index in [0.29, 0.717) is 32.0 Å². The van der Waals surface area contributed by atoms with Gasteiger partial charge in [0.2, 0.25) is 0 Å². The van der Waals surface area contributed by atoms with Crippen LogP contribution < -0.4 is 0 Å². The first-order chi connectivity index (χ1) is 18.1. The summed E-state index contributed by atoms with van der Waals surface area (Å²) in [6.07, 6.45) is 0.350. The maximum absolute atomic E-state index is 13.5. The monoisotopic (exact) mass is 520 g/mol. The molecule has 1 aliphatic heterocycles. The number of nitrogens with zero attached hydrogens (tertiary/aromatic N) is 2. The van der Waals surface area contributed by atoms with E-state index in [1.165, 1.54) is 0 Å². The third-order valence-corrected chi connectivity index (χ3v) is 7.94. The van der Waals surface area contributed by atoms with E-state index in [2.05, 4.69) is 24.3 Å². The fourth-order valence-corrected chi connectivity index (χ4v) is 6.17. The number of carboxylic acids is 1. The summed E-state index contributed by atoms with van der Waals surface area (Å²) < 4.78 is 11.5. The Labute approximate surface area is 223 Å². The summed E-state index contributed by atoms with van der Waals surface area (Å²) in [7, 11) is 0. The third kappa shape index (κ3) is 5.22. The van der Waals surface area contributed by atoms with Crippen molar-refractivity contribution in [1.29, 1.82) is 0 Å². The van der Waals surface area contributed by atoms with Gasteiger partial charge in [0.05, 0.1) is 0 Å². The van der Waals surface area contributed by atoms with Crippen LogP contribution in [0.25, 0.3) is 11.1 Å². The molecule has 8 nitrogen and oxygen atoms in total. The minimum absolute atomic E-state index is 0.0159. The first kappa shape index (κ1) is 26.1. The standard InChI is InChI=1S/C30H36N2O6/c1-30(2,3)38-28(35)31-16-19-15-26(24(19)17-31)32(14-8-13-27(33)34)29(36)37-18-25-22-11-6-4-9-20(22)21-10-5-7-12-23(21)25/h4-7,9-12,19,24-26H,8,13-18H2,1-3H3,(H,33,34)/t19-,24+,26?/m0/s1. The Bertz CT molecular complexity index is 1180. The van der Waals surface area contributed by atoms with Crippen molar-refractivity contribution in [3.8, 4) is 11.1 Å². The molecule has 2 aromatic carbocycles. The molecule has 0 bridgehead atoms. The molecule has 5 rings (SSSR count). The number of ether oxygens (including phenoxy) is 2. The predicted octanol–water partition coefficient (Wildman–Crippen LogP) is 5.36. The zero-order valence-electron chi connectivity index (χ0n) is 22.3. The Morgan fingerprint density at radius 2 is 1.63 bits per heavy atom. The molecule has 1 unspecified atom stereocenters. The summed E-state index contributed by atoms with van der Waals surface area (Å²) in [5.41, 5.74) is 4.05. The second kappa shape index (κ2) is 10.3. The van der Waals surface area contributed by atoms with Crippen LogP contribution >= 0.6 is 0 Å². The van der Waals surface area contributed by atoms with Crippen molar-refractivity contribution in [2.75, 3.05) is 26.2 Å². The van der Waals surface area contributed by atoms with Crippen LogP contribution in [0, 0.1) is 11.8 Å². The number of hydrogen-bond acceptors (Lipinski definition) is 5. The van der Waals surface area contributed by atoms with Gasteiger partial charge in [-0.05, 0) is 61.8 Å². The fourth-order valence-electron chi connectivity index (χ4n) is 6.17. The van der Waals surface area contributed by atoms with Gasteiger partial charge in [0.15, 0.2) is 0 Å². The first-order valence-corrected chi connectivity index (χ1v) is 13.4. The molecule has 0 radical (unpaired) electrons. The van der Waals surface area contributed by atoms with Gasteiger partial charge >= 0.3 is 18.2 Å². The van der Waals surface area contributed by atoms with Crippen molar-refractivity contribution in [3.63, 3.8) is 0 Å². The minimum atomic E-state index is -0.888. The molecular formula is C30H36N2O6. The van der Waals surface area contributed by atoms with Crippen LogP contribution in [-0.4, -0.2) is 70.9 Å². The molecule has 2 fully saturated rings. The van der Waals surface area contributed by atoms with Crippen LogP contribution in [0.3, 0.4) is 0 Å². The molecule has 0 aromatic heterocycles. The zero-order valence-corrected chi connectivity index (χ0v) is 22.3. The van der Waals surface area contributed by atoms with Gasteiger partial charge in [-0.2, -0.15) is 0 Å². The highest BCUT2D eigenvalue weighted by atomic mass is 16.6. The van der Waals surface area contributed by atoms with E-state index in [0.717, 1.165) is 28.7 Å². The molecule has 3 aliphatic rings. The third-order valence-electron chi connectivity index (χ3n) is 7.94. The molecule has 2 aromatic rings. The topological polar surface area (TPSA) is 96.4 Å². The highest BCUT2D eigenvalue weighted by molar-refractivity contribution is 5.79. The van der Waals surface area contributed by atoms with Crippen molar-refractivity contribution in [2.45, 2.75) is 57.6 Å². The number of fused-ring (bicyclic) bond motifs is 4. The molecule has 0 spiro atoms. The smallest absolute Gasteiger partial charge is 0.410 e. The van der Waals surface area contributed by atoms with Gasteiger partial charge in [0.25, 0.3) is 0 Å². The van der Waals surface area contributed by atoms with Gasteiger partial charge in [0, 0.05) is 43.9 Å². The lowest BCUT2D eigenvalue weighted by molar-refractivity contribution is -0.137. The number of carbonyl (C=O) groups is 3. The Hall–Kier alpha value is -3.55. The molecule has 1 N–H and O–H groups in total. The van der Waals surface area contributed by atoms with E-state index in [4.69, 9.17) is 14.6 Å². The maximum Gasteiger partial charge on any atom is 0.410 e. The quantitative estimate of drug-likeness (QED) is 0.528. The zero-order chi connectivity index (χ0) is 27.0. The van der Waals surface area contributed by atoms with Crippen LogP contribution in [0.4, 0.5) is 9.59 Å². The van der Waals surface area contributed by atoms with Crippen molar-refractivity contribution in [1.82, 2.24) is 9.80 Å². The summed E-state index contributed by atoms with van der Waals surface area (Å²) >= 11 is 0. The van der Waals surface area contributed by atoms with Crippen LogP contribution in [0.1, 0.15) is 57.1 Å². The largest absolute Gasteiger partial charge is 0.481 e. The highest BCUT2D eigenvalue weighted by Gasteiger charge is 2.52. The number of aliphatic carboxylic acids is 1. The van der Waals surface area contributed by atoms with Crippen LogP contribution in [0.15, 0.2) is 48.5 Å². The molecule has 1 heterocycles. The summed E-state index contributed by atoms with van der Waals surface area (Å²) in [6, 6.07) is 16.3. The average Bonchev–Trinajstić information content (AvgIpc) is 3.36. The van der Waals surface area contributed by atoms with Crippen molar-refractivity contribution < 1.29 is 29.0 Å². The van der Waals surface area contributed by atoms with Gasteiger partial charge in [-0.25, -0.2) is 9.59 Å². The molecule has 8 heteroatoms. The summed E-state index contributed by atoms with van der Waals surface area (Å²) in [5, 5.41) is 9.15. The van der Waals surface area contributed by atoms with Crippen LogP contribution in [0.5, 0.6) is 0 Å². The lowest BCUT2D eigenvalue weighted by Gasteiger charge is -2.45. The van der Waals surface area contributed by atoms with E-state index in [-0.39, 0.29) is 37.0 Å². The summed E-state index contributed by atoms with van der Waals surface area (Å²) in [5.74, 6) is -0.500. The minimum Gasteiger partial charge on any atom is -0.481 e. The number of benzene rings is 2. The lowest BCUT2D eigenvalue weighted by atomic mass is 9.71. The molecule has 1 saturated heterocycles. The molecule has 202 valence electrons. The Morgan fingerprint density at radius 1 is 1.00 bits per heavy atom. The number of likely N-dealkylation sites (tertiary alicyclic amines) is 1. The second-order valence-electron chi connectivity index (χ2n) is 11.6.